The molecule has 1 rings (SSSR count). The van der Waals surface area contributed by atoms with Gasteiger partial charge in [0.15, 0.2) is 0 Å². The van der Waals surface area contributed by atoms with E-state index < -0.39 is 0 Å². The maximum atomic E-state index is 8.67. The molecule has 1 heterocycles. The molecule has 0 amide bonds. The molecular weight excluding hydrogens is 158 g/mol. The van der Waals surface area contributed by atoms with Crippen LogP contribution in [0, 0.1) is 0 Å². The molecule has 66 valence electrons. The molecule has 2 atom stereocenters. The lowest BCUT2D eigenvalue weighted by molar-refractivity contribution is 0.264. The van der Waals surface area contributed by atoms with E-state index in [4.69, 9.17) is 5.11 Å². The lowest BCUT2D eigenvalue weighted by Gasteiger charge is -2.17. The summed E-state index contributed by atoms with van der Waals surface area (Å²) in [6.07, 6.45) is 2.17. The molecule has 0 bridgehead atoms. The Balaban J connectivity index is 2.08. The predicted molar refractivity (Wildman–Crippen MR) is 50.0 cm³/mol. The second kappa shape index (κ2) is 5.01. The van der Waals surface area contributed by atoms with E-state index in [1.807, 2.05) is 11.8 Å². The van der Waals surface area contributed by atoms with Crippen LogP contribution in [0.25, 0.3) is 0 Å². The summed E-state index contributed by atoms with van der Waals surface area (Å²) in [5, 5.41) is 12.2. The fourth-order valence-corrected chi connectivity index (χ4v) is 2.51. The molecule has 0 saturated carbocycles. The first kappa shape index (κ1) is 9.36. The molecule has 0 aromatic rings. The van der Waals surface area contributed by atoms with Gasteiger partial charge in [-0.3, -0.25) is 0 Å². The number of thioether (sulfide) groups is 1. The molecule has 1 unspecified atom stereocenters. The van der Waals surface area contributed by atoms with Gasteiger partial charge in [0.25, 0.3) is 0 Å². The maximum absolute atomic E-state index is 8.67. The molecule has 1 aliphatic rings. The third-order valence-electron chi connectivity index (χ3n) is 2.01. The summed E-state index contributed by atoms with van der Waals surface area (Å²) in [5.41, 5.74) is 0. The minimum absolute atomic E-state index is 0.300. The quantitative estimate of drug-likeness (QED) is 0.664. The number of nitrogens with one attached hydrogen (secondary N) is 1. The van der Waals surface area contributed by atoms with Gasteiger partial charge < -0.3 is 10.4 Å². The van der Waals surface area contributed by atoms with Gasteiger partial charge in [-0.25, -0.2) is 0 Å². The Hall–Kier alpha value is 0.270. The third kappa shape index (κ3) is 3.45. The zero-order chi connectivity index (χ0) is 8.10. The highest BCUT2D eigenvalue weighted by Crippen LogP contribution is 2.17. The van der Waals surface area contributed by atoms with Crippen molar-refractivity contribution in [3.05, 3.63) is 0 Å². The highest BCUT2D eigenvalue weighted by Gasteiger charge is 2.16. The summed E-state index contributed by atoms with van der Waals surface area (Å²) in [4.78, 5) is 0. The number of hydrogen-bond donors (Lipinski definition) is 2. The van der Waals surface area contributed by atoms with Crippen molar-refractivity contribution in [3.63, 3.8) is 0 Å². The van der Waals surface area contributed by atoms with Crippen LogP contribution in [0.15, 0.2) is 0 Å². The average molecular weight is 175 g/mol. The van der Waals surface area contributed by atoms with Crippen molar-refractivity contribution in [2.24, 2.45) is 0 Å². The van der Waals surface area contributed by atoms with Crippen LogP contribution in [0.3, 0.4) is 0 Å². The first-order chi connectivity index (χ1) is 5.33. The van der Waals surface area contributed by atoms with E-state index in [2.05, 4.69) is 12.2 Å². The van der Waals surface area contributed by atoms with E-state index in [9.17, 15) is 0 Å². The Bertz CT molecular complexity index is 104. The molecule has 1 fully saturated rings. The molecule has 0 aromatic heterocycles. The van der Waals surface area contributed by atoms with Crippen LogP contribution < -0.4 is 5.32 Å². The van der Waals surface area contributed by atoms with Crippen molar-refractivity contribution in [2.75, 3.05) is 18.1 Å². The zero-order valence-electron chi connectivity index (χ0n) is 7.05. The van der Waals surface area contributed by atoms with E-state index in [-0.39, 0.29) is 0 Å². The summed E-state index contributed by atoms with van der Waals surface area (Å²) in [7, 11) is 0. The minimum atomic E-state index is 0.300. The Morgan fingerprint density at radius 3 is 3.09 bits per heavy atom. The Labute approximate surface area is 72.8 Å². The van der Waals surface area contributed by atoms with Gasteiger partial charge in [0.05, 0.1) is 0 Å². The third-order valence-corrected chi connectivity index (χ3v) is 3.17. The van der Waals surface area contributed by atoms with Gasteiger partial charge in [-0.2, -0.15) is 11.8 Å². The lowest BCUT2D eigenvalue weighted by atomic mass is 10.2. The Morgan fingerprint density at radius 1 is 1.73 bits per heavy atom. The molecule has 2 N–H and O–H groups in total. The highest BCUT2D eigenvalue weighted by molar-refractivity contribution is 7.99. The normalized spacial score (nSPS) is 27.3. The van der Waals surface area contributed by atoms with E-state index in [0.717, 1.165) is 6.42 Å². The van der Waals surface area contributed by atoms with Crippen LogP contribution in [0.1, 0.15) is 19.8 Å². The summed E-state index contributed by atoms with van der Waals surface area (Å²) < 4.78 is 0. The first-order valence-corrected chi connectivity index (χ1v) is 5.43. The van der Waals surface area contributed by atoms with Crippen LogP contribution in [0.5, 0.6) is 0 Å². The monoisotopic (exact) mass is 175 g/mol. The van der Waals surface area contributed by atoms with Gasteiger partial charge >= 0.3 is 0 Å². The van der Waals surface area contributed by atoms with Crippen molar-refractivity contribution >= 4 is 11.8 Å². The second-order valence-corrected chi connectivity index (χ2v) is 4.29. The van der Waals surface area contributed by atoms with Gasteiger partial charge in [-0.15, -0.1) is 0 Å². The van der Waals surface area contributed by atoms with Gasteiger partial charge in [0, 0.05) is 24.4 Å². The molecule has 1 aliphatic heterocycles. The molecule has 2 nitrogen and oxygen atoms in total. The van der Waals surface area contributed by atoms with E-state index >= 15 is 0 Å². The molecule has 11 heavy (non-hydrogen) atoms. The van der Waals surface area contributed by atoms with Crippen LogP contribution in [-0.2, 0) is 0 Å². The van der Waals surface area contributed by atoms with Crippen molar-refractivity contribution in [1.29, 1.82) is 0 Å². The van der Waals surface area contributed by atoms with Gasteiger partial charge in [0.1, 0.15) is 0 Å². The van der Waals surface area contributed by atoms with Crippen LogP contribution >= 0.6 is 11.8 Å². The molecule has 0 spiro atoms. The first-order valence-electron chi connectivity index (χ1n) is 4.27. The SMILES string of the molecule is C[C@H](CCO)NC1CCSC1. The van der Waals surface area contributed by atoms with Crippen molar-refractivity contribution in [3.8, 4) is 0 Å². The highest BCUT2D eigenvalue weighted by atomic mass is 32.2. The lowest BCUT2D eigenvalue weighted by Crippen LogP contribution is -2.36. The number of rotatable bonds is 4. The standard InChI is InChI=1S/C8H17NOS/c1-7(2-4-10)9-8-3-5-11-6-8/h7-10H,2-6H2,1H3/t7-,8?/m1/s1. The summed E-state index contributed by atoms with van der Waals surface area (Å²) in [6.45, 7) is 2.44. The van der Waals surface area contributed by atoms with Crippen molar-refractivity contribution in [2.45, 2.75) is 31.8 Å². The molecule has 0 aromatic carbocycles. The van der Waals surface area contributed by atoms with Crippen molar-refractivity contribution in [1.82, 2.24) is 5.32 Å². The van der Waals surface area contributed by atoms with Crippen molar-refractivity contribution < 1.29 is 5.11 Å². The molecular formula is C8H17NOS. The van der Waals surface area contributed by atoms with Crippen LogP contribution in [0.2, 0.25) is 0 Å². The number of aliphatic hydroxyl groups excluding tert-OH is 1. The molecule has 0 aliphatic carbocycles. The topological polar surface area (TPSA) is 32.3 Å². The zero-order valence-corrected chi connectivity index (χ0v) is 7.86. The maximum Gasteiger partial charge on any atom is 0.0445 e. The smallest absolute Gasteiger partial charge is 0.0445 e. The minimum Gasteiger partial charge on any atom is -0.396 e. The van der Waals surface area contributed by atoms with Crippen LogP contribution in [0.4, 0.5) is 0 Å². The Kier molecular flexibility index (Phi) is 4.26. The van der Waals surface area contributed by atoms with Gasteiger partial charge in [0.2, 0.25) is 0 Å². The summed E-state index contributed by atoms with van der Waals surface area (Å²) >= 11 is 2.02. The number of aliphatic hydroxyl groups is 1. The second-order valence-electron chi connectivity index (χ2n) is 3.14. The van der Waals surface area contributed by atoms with E-state index in [1.54, 1.807) is 0 Å². The molecule has 3 heteroatoms. The van der Waals surface area contributed by atoms with Gasteiger partial charge in [-0.05, 0) is 25.5 Å². The Morgan fingerprint density at radius 2 is 2.55 bits per heavy atom. The molecule has 0 radical (unpaired) electrons. The fourth-order valence-electron chi connectivity index (χ4n) is 1.35. The van der Waals surface area contributed by atoms with E-state index in [0.29, 0.717) is 18.7 Å². The predicted octanol–water partition coefficient (Wildman–Crippen LogP) is 0.852. The summed E-state index contributed by atoms with van der Waals surface area (Å²) in [5.74, 6) is 2.54. The van der Waals surface area contributed by atoms with E-state index in [1.165, 1.54) is 17.9 Å². The van der Waals surface area contributed by atoms with Gasteiger partial charge in [-0.1, -0.05) is 0 Å². The fraction of sp³-hybridized carbons (Fsp3) is 1.00. The molecule has 1 saturated heterocycles. The number of hydrogen-bond acceptors (Lipinski definition) is 3. The average Bonchev–Trinajstić information content (AvgIpc) is 2.40. The van der Waals surface area contributed by atoms with Crippen LogP contribution in [-0.4, -0.2) is 35.3 Å². The largest absolute Gasteiger partial charge is 0.396 e. The summed E-state index contributed by atoms with van der Waals surface area (Å²) in [6, 6.07) is 1.17.